The Labute approximate surface area is 139 Å². The predicted octanol–water partition coefficient (Wildman–Crippen LogP) is 2.59. The van der Waals surface area contributed by atoms with Gasteiger partial charge in [0.05, 0.1) is 12.5 Å². The fourth-order valence-electron chi connectivity index (χ4n) is 2.20. The zero-order valence-corrected chi connectivity index (χ0v) is 14.8. The van der Waals surface area contributed by atoms with Crippen molar-refractivity contribution in [1.82, 2.24) is 0 Å². The minimum Gasteiger partial charge on any atom is -0.437 e. The van der Waals surface area contributed by atoms with Gasteiger partial charge in [0.2, 0.25) is 6.29 Å². The average Bonchev–Trinajstić information content (AvgIpc) is 2.49. The SMILES string of the molecule is CC(C)(C)c1ccccc1C(CO)C(O)OC=O.CCOCC. The standard InChI is InChI=1S/C14H20O4.C4H10O/c1-14(2,3)12-7-5-4-6-10(12)11(8-15)13(17)18-9-16;1-3-5-4-2/h4-7,9,11,13,15,17H,8H2,1-3H3;3-4H2,1-2H3. The van der Waals surface area contributed by atoms with Gasteiger partial charge in [-0.3, -0.25) is 4.79 Å². The fraction of sp³-hybridized carbons (Fsp3) is 0.611. The normalized spacial score (nSPS) is 13.5. The molecule has 0 saturated heterocycles. The molecule has 0 aromatic heterocycles. The van der Waals surface area contributed by atoms with Crippen molar-refractivity contribution in [3.63, 3.8) is 0 Å². The van der Waals surface area contributed by atoms with Crippen molar-refractivity contribution in [2.45, 2.75) is 52.2 Å². The number of carbonyl (C=O) groups excluding carboxylic acids is 1. The lowest BCUT2D eigenvalue weighted by Gasteiger charge is -2.28. The molecule has 0 aliphatic heterocycles. The molecule has 0 amide bonds. The molecule has 2 unspecified atom stereocenters. The summed E-state index contributed by atoms with van der Waals surface area (Å²) in [6.07, 6.45) is -1.34. The summed E-state index contributed by atoms with van der Waals surface area (Å²) in [6.45, 7) is 11.7. The predicted molar refractivity (Wildman–Crippen MR) is 90.3 cm³/mol. The average molecular weight is 326 g/mol. The van der Waals surface area contributed by atoms with Crippen molar-refractivity contribution >= 4 is 6.47 Å². The van der Waals surface area contributed by atoms with Crippen LogP contribution in [0, 0.1) is 0 Å². The smallest absolute Gasteiger partial charge is 0.295 e. The third kappa shape index (κ3) is 7.59. The maximum atomic E-state index is 10.3. The van der Waals surface area contributed by atoms with E-state index in [9.17, 15) is 15.0 Å². The zero-order valence-electron chi connectivity index (χ0n) is 14.8. The van der Waals surface area contributed by atoms with Crippen LogP contribution in [-0.4, -0.2) is 42.8 Å². The van der Waals surface area contributed by atoms with Crippen molar-refractivity contribution in [1.29, 1.82) is 0 Å². The Morgan fingerprint density at radius 3 is 2.13 bits per heavy atom. The van der Waals surface area contributed by atoms with Gasteiger partial charge in [-0.1, -0.05) is 45.0 Å². The Balaban J connectivity index is 0.000000841. The quantitative estimate of drug-likeness (QED) is 0.595. The van der Waals surface area contributed by atoms with Crippen LogP contribution in [0.5, 0.6) is 0 Å². The zero-order chi connectivity index (χ0) is 17.9. The highest BCUT2D eigenvalue weighted by Gasteiger charge is 2.27. The van der Waals surface area contributed by atoms with Crippen molar-refractivity contribution < 1.29 is 24.5 Å². The van der Waals surface area contributed by atoms with Crippen LogP contribution in [0.25, 0.3) is 0 Å². The van der Waals surface area contributed by atoms with Gasteiger partial charge in [-0.2, -0.15) is 0 Å². The number of benzene rings is 1. The van der Waals surface area contributed by atoms with Crippen LogP contribution in [-0.2, 0) is 19.7 Å². The highest BCUT2D eigenvalue weighted by atomic mass is 16.6. The Morgan fingerprint density at radius 2 is 1.74 bits per heavy atom. The number of aliphatic hydroxyl groups excluding tert-OH is 2. The molecule has 0 heterocycles. The van der Waals surface area contributed by atoms with Crippen LogP contribution in [0.3, 0.4) is 0 Å². The highest BCUT2D eigenvalue weighted by Crippen LogP contribution is 2.32. The van der Waals surface area contributed by atoms with Crippen LogP contribution in [0.2, 0.25) is 0 Å². The van der Waals surface area contributed by atoms with E-state index in [1.54, 1.807) is 0 Å². The molecule has 2 N–H and O–H groups in total. The number of rotatable bonds is 7. The van der Waals surface area contributed by atoms with Crippen LogP contribution in [0.15, 0.2) is 24.3 Å². The second-order valence-corrected chi connectivity index (χ2v) is 6.03. The lowest BCUT2D eigenvalue weighted by atomic mass is 9.80. The summed E-state index contributed by atoms with van der Waals surface area (Å²) in [5, 5.41) is 19.1. The summed E-state index contributed by atoms with van der Waals surface area (Å²) in [7, 11) is 0. The van der Waals surface area contributed by atoms with Gasteiger partial charge in [0.1, 0.15) is 0 Å². The van der Waals surface area contributed by atoms with E-state index in [2.05, 4.69) is 4.74 Å². The molecule has 0 aliphatic carbocycles. The third-order valence-electron chi connectivity index (χ3n) is 3.31. The summed E-state index contributed by atoms with van der Waals surface area (Å²) < 4.78 is 9.37. The Morgan fingerprint density at radius 1 is 1.17 bits per heavy atom. The number of aliphatic hydroxyl groups is 2. The van der Waals surface area contributed by atoms with E-state index in [4.69, 9.17) is 4.74 Å². The molecule has 5 nitrogen and oxygen atoms in total. The number of hydrogen-bond donors (Lipinski definition) is 2. The van der Waals surface area contributed by atoms with Gasteiger partial charge in [0.15, 0.2) is 0 Å². The van der Waals surface area contributed by atoms with Gasteiger partial charge < -0.3 is 19.7 Å². The molecular formula is C18H30O5. The van der Waals surface area contributed by atoms with Crippen molar-refractivity contribution in [2.75, 3.05) is 19.8 Å². The van der Waals surface area contributed by atoms with Crippen molar-refractivity contribution in [2.24, 2.45) is 0 Å². The number of carbonyl (C=O) groups is 1. The third-order valence-corrected chi connectivity index (χ3v) is 3.31. The highest BCUT2D eigenvalue weighted by molar-refractivity contribution is 5.39. The first-order chi connectivity index (χ1) is 10.8. The first-order valence-electron chi connectivity index (χ1n) is 7.88. The monoisotopic (exact) mass is 326 g/mol. The molecule has 132 valence electrons. The summed E-state index contributed by atoms with van der Waals surface area (Å²) in [5.74, 6) is -0.634. The summed E-state index contributed by atoms with van der Waals surface area (Å²) in [4.78, 5) is 10.3. The molecule has 0 radical (unpaired) electrons. The lowest BCUT2D eigenvalue weighted by Crippen LogP contribution is -2.27. The molecule has 2 atom stereocenters. The van der Waals surface area contributed by atoms with Gasteiger partial charge >= 0.3 is 0 Å². The second kappa shape index (κ2) is 11.2. The minimum absolute atomic E-state index is 0.120. The maximum Gasteiger partial charge on any atom is 0.295 e. The van der Waals surface area contributed by atoms with E-state index in [0.29, 0.717) is 0 Å². The van der Waals surface area contributed by atoms with Gasteiger partial charge in [0, 0.05) is 13.2 Å². The fourth-order valence-corrected chi connectivity index (χ4v) is 2.20. The Kier molecular flexibility index (Phi) is 10.5. The molecule has 0 saturated carbocycles. The largest absolute Gasteiger partial charge is 0.437 e. The van der Waals surface area contributed by atoms with E-state index in [1.807, 2.05) is 58.9 Å². The van der Waals surface area contributed by atoms with Gasteiger partial charge in [-0.15, -0.1) is 0 Å². The molecule has 5 heteroatoms. The molecule has 1 rings (SSSR count). The van der Waals surface area contributed by atoms with Crippen LogP contribution < -0.4 is 0 Å². The Hall–Kier alpha value is -1.43. The Bertz CT molecular complexity index is 437. The summed E-state index contributed by atoms with van der Waals surface area (Å²) in [6, 6.07) is 7.52. The molecular weight excluding hydrogens is 296 g/mol. The van der Waals surface area contributed by atoms with E-state index in [0.717, 1.165) is 24.3 Å². The minimum atomic E-state index is -1.34. The molecule has 0 fully saturated rings. The van der Waals surface area contributed by atoms with Gasteiger partial charge in [-0.05, 0) is 30.4 Å². The summed E-state index contributed by atoms with van der Waals surface area (Å²) >= 11 is 0. The van der Waals surface area contributed by atoms with Crippen molar-refractivity contribution in [3.8, 4) is 0 Å². The lowest BCUT2D eigenvalue weighted by molar-refractivity contribution is -0.157. The maximum absolute atomic E-state index is 10.3. The van der Waals surface area contributed by atoms with E-state index in [-0.39, 0.29) is 18.5 Å². The second-order valence-electron chi connectivity index (χ2n) is 6.03. The van der Waals surface area contributed by atoms with Gasteiger partial charge in [0.25, 0.3) is 6.47 Å². The summed E-state index contributed by atoms with van der Waals surface area (Å²) in [5.41, 5.74) is 1.68. The molecule has 23 heavy (non-hydrogen) atoms. The first kappa shape index (κ1) is 21.6. The molecule has 1 aromatic carbocycles. The molecule has 1 aromatic rings. The van der Waals surface area contributed by atoms with Crippen molar-refractivity contribution in [3.05, 3.63) is 35.4 Å². The topological polar surface area (TPSA) is 76.0 Å². The van der Waals surface area contributed by atoms with E-state index >= 15 is 0 Å². The number of ether oxygens (including phenoxy) is 2. The molecule has 0 spiro atoms. The van der Waals surface area contributed by atoms with Gasteiger partial charge in [-0.25, -0.2) is 0 Å². The number of hydrogen-bond acceptors (Lipinski definition) is 5. The molecule has 0 bridgehead atoms. The van der Waals surface area contributed by atoms with Crippen LogP contribution >= 0.6 is 0 Å². The molecule has 0 aliphatic rings. The van der Waals surface area contributed by atoms with Crippen LogP contribution in [0.1, 0.15) is 51.7 Å². The van der Waals surface area contributed by atoms with E-state index in [1.165, 1.54) is 0 Å². The van der Waals surface area contributed by atoms with Crippen LogP contribution in [0.4, 0.5) is 0 Å². The first-order valence-corrected chi connectivity index (χ1v) is 7.88. The van der Waals surface area contributed by atoms with E-state index < -0.39 is 12.2 Å².